The van der Waals surface area contributed by atoms with Gasteiger partial charge < -0.3 is 9.32 Å². The lowest BCUT2D eigenvalue weighted by molar-refractivity contribution is -0.138. The molecule has 3 fully saturated rings. The van der Waals surface area contributed by atoms with Crippen LogP contribution in [0.2, 0.25) is 0 Å². The summed E-state index contributed by atoms with van der Waals surface area (Å²) in [5.74, 6) is 1.61. The number of aromatic nitrogens is 1. The van der Waals surface area contributed by atoms with Crippen molar-refractivity contribution in [2.75, 3.05) is 13.1 Å². The molecule has 1 aromatic carbocycles. The molecule has 2 saturated heterocycles. The number of piperidine rings is 1. The van der Waals surface area contributed by atoms with Gasteiger partial charge in [-0.25, -0.2) is 15.8 Å². The number of nitrogens with one attached hydrogen (secondary N) is 3. The SMILES string of the molecule is O=C(C1CCC2NNNC2C1)N1CCC(c2nc3ccccc3o2)CC1. The highest BCUT2D eigenvalue weighted by Crippen LogP contribution is 2.32. The number of hydrazine groups is 2. The minimum absolute atomic E-state index is 0.145. The van der Waals surface area contributed by atoms with Crippen LogP contribution in [0.15, 0.2) is 28.7 Å². The molecule has 2 aliphatic heterocycles. The first-order chi connectivity index (χ1) is 12.8. The van der Waals surface area contributed by atoms with Gasteiger partial charge in [-0.1, -0.05) is 12.1 Å². The molecule has 0 spiro atoms. The molecule has 3 N–H and O–H groups in total. The fourth-order valence-electron chi connectivity index (χ4n) is 4.62. The Morgan fingerprint density at radius 3 is 2.73 bits per heavy atom. The molecular weight excluding hydrogens is 330 g/mol. The molecule has 0 bridgehead atoms. The minimum Gasteiger partial charge on any atom is -0.440 e. The Morgan fingerprint density at radius 1 is 1.08 bits per heavy atom. The standard InChI is InChI=1S/C19H25N5O2/c25-19(13-5-6-14-16(11-13)22-23-21-14)24-9-7-12(8-10-24)18-20-15-3-1-2-4-17(15)26-18/h1-4,12-14,16,21-23H,5-11H2. The third-order valence-electron chi connectivity index (χ3n) is 6.18. The van der Waals surface area contributed by atoms with Crippen LogP contribution in [0.4, 0.5) is 0 Å². The molecule has 3 aliphatic rings. The molecule has 26 heavy (non-hydrogen) atoms. The van der Waals surface area contributed by atoms with Crippen LogP contribution in [0.25, 0.3) is 11.1 Å². The zero-order valence-electron chi connectivity index (χ0n) is 14.8. The van der Waals surface area contributed by atoms with E-state index in [4.69, 9.17) is 4.42 Å². The first kappa shape index (κ1) is 16.2. The molecular formula is C19H25N5O2. The summed E-state index contributed by atoms with van der Waals surface area (Å²) in [5, 5.41) is 0. The predicted octanol–water partition coefficient (Wildman–Crippen LogP) is 1.68. The smallest absolute Gasteiger partial charge is 0.225 e. The second kappa shape index (κ2) is 6.64. The van der Waals surface area contributed by atoms with E-state index in [9.17, 15) is 4.79 Å². The largest absolute Gasteiger partial charge is 0.440 e. The molecule has 5 rings (SSSR count). The average molecular weight is 355 g/mol. The lowest BCUT2D eigenvalue weighted by atomic mass is 9.82. The van der Waals surface area contributed by atoms with E-state index in [2.05, 4.69) is 26.3 Å². The number of amides is 1. The van der Waals surface area contributed by atoms with Crippen LogP contribution in [0, 0.1) is 5.92 Å². The fraction of sp³-hybridized carbons (Fsp3) is 0.579. The van der Waals surface area contributed by atoms with Crippen molar-refractivity contribution in [2.24, 2.45) is 5.92 Å². The highest BCUT2D eigenvalue weighted by Gasteiger charge is 2.38. The van der Waals surface area contributed by atoms with Crippen molar-refractivity contribution < 1.29 is 9.21 Å². The van der Waals surface area contributed by atoms with E-state index < -0.39 is 0 Å². The molecule has 0 radical (unpaired) electrons. The third kappa shape index (κ3) is 2.90. The van der Waals surface area contributed by atoms with Gasteiger partial charge in [-0.15, -0.1) is 0 Å². The summed E-state index contributed by atoms with van der Waals surface area (Å²) in [6.45, 7) is 1.60. The Bertz CT molecular complexity index is 765. The molecule has 7 heteroatoms. The number of hydrogen-bond donors (Lipinski definition) is 3. The summed E-state index contributed by atoms with van der Waals surface area (Å²) in [4.78, 5) is 19.6. The monoisotopic (exact) mass is 355 g/mol. The van der Waals surface area contributed by atoms with Crippen LogP contribution in [0.3, 0.4) is 0 Å². The molecule has 3 atom stereocenters. The molecule has 1 amide bonds. The maximum Gasteiger partial charge on any atom is 0.225 e. The number of para-hydroxylation sites is 2. The lowest BCUT2D eigenvalue weighted by Gasteiger charge is -2.36. The van der Waals surface area contributed by atoms with Crippen molar-refractivity contribution in [3.8, 4) is 0 Å². The van der Waals surface area contributed by atoms with Gasteiger partial charge in [-0.05, 0) is 44.2 Å². The number of nitrogens with zero attached hydrogens (tertiary/aromatic N) is 2. The Labute approximate surface area is 152 Å². The van der Waals surface area contributed by atoms with Gasteiger partial charge in [0.05, 0.1) is 0 Å². The third-order valence-corrected chi connectivity index (χ3v) is 6.18. The summed E-state index contributed by atoms with van der Waals surface area (Å²) in [5.41, 5.74) is 11.2. The van der Waals surface area contributed by atoms with Crippen LogP contribution < -0.4 is 16.4 Å². The predicted molar refractivity (Wildman–Crippen MR) is 96.9 cm³/mol. The molecule has 3 unspecified atom stereocenters. The number of likely N-dealkylation sites (tertiary alicyclic amines) is 1. The number of carbonyl (C=O) groups excluding carboxylic acids is 1. The van der Waals surface area contributed by atoms with E-state index in [0.717, 1.165) is 62.2 Å². The van der Waals surface area contributed by atoms with E-state index in [-0.39, 0.29) is 5.92 Å². The van der Waals surface area contributed by atoms with Crippen molar-refractivity contribution >= 4 is 17.0 Å². The average Bonchev–Trinajstić information content (AvgIpc) is 3.33. The van der Waals surface area contributed by atoms with Crippen molar-refractivity contribution in [3.05, 3.63) is 30.2 Å². The first-order valence-electron chi connectivity index (χ1n) is 9.68. The Morgan fingerprint density at radius 2 is 1.88 bits per heavy atom. The second-order valence-electron chi connectivity index (χ2n) is 7.76. The normalized spacial score (nSPS) is 29.8. The van der Waals surface area contributed by atoms with Crippen LogP contribution in [0.1, 0.15) is 43.9 Å². The Hall–Kier alpha value is -1.96. The summed E-state index contributed by atoms with van der Waals surface area (Å²) in [6, 6.07) is 8.70. The number of hydrogen-bond acceptors (Lipinski definition) is 6. The maximum atomic E-state index is 12.9. The van der Waals surface area contributed by atoms with E-state index in [1.165, 1.54) is 0 Å². The minimum atomic E-state index is 0.145. The second-order valence-corrected chi connectivity index (χ2v) is 7.76. The van der Waals surface area contributed by atoms with Gasteiger partial charge in [0.1, 0.15) is 5.52 Å². The van der Waals surface area contributed by atoms with Gasteiger partial charge >= 0.3 is 0 Å². The van der Waals surface area contributed by atoms with E-state index in [1.807, 2.05) is 24.3 Å². The van der Waals surface area contributed by atoms with Crippen molar-refractivity contribution in [1.29, 1.82) is 0 Å². The van der Waals surface area contributed by atoms with E-state index >= 15 is 0 Å². The number of rotatable bonds is 2. The van der Waals surface area contributed by atoms with Gasteiger partial charge in [-0.2, -0.15) is 5.53 Å². The summed E-state index contributed by atoms with van der Waals surface area (Å²) < 4.78 is 5.93. The maximum absolute atomic E-state index is 12.9. The number of carbonyl (C=O) groups is 1. The summed E-state index contributed by atoms with van der Waals surface area (Å²) >= 11 is 0. The molecule has 3 heterocycles. The Balaban J connectivity index is 1.20. The number of benzene rings is 1. The molecule has 138 valence electrons. The van der Waals surface area contributed by atoms with Crippen LogP contribution in [-0.2, 0) is 4.79 Å². The zero-order valence-corrected chi connectivity index (χ0v) is 14.8. The number of fused-ring (bicyclic) bond motifs is 2. The quantitative estimate of drug-likeness (QED) is 0.760. The van der Waals surface area contributed by atoms with Crippen LogP contribution in [0.5, 0.6) is 0 Å². The summed E-state index contributed by atoms with van der Waals surface area (Å²) in [6.07, 6.45) is 4.79. The molecule has 1 saturated carbocycles. The Kier molecular flexibility index (Phi) is 4.15. The lowest BCUT2D eigenvalue weighted by Crippen LogP contribution is -2.47. The van der Waals surface area contributed by atoms with Gasteiger partial charge in [0, 0.05) is 37.0 Å². The molecule has 1 aromatic heterocycles. The highest BCUT2D eigenvalue weighted by molar-refractivity contribution is 5.79. The van der Waals surface area contributed by atoms with Crippen LogP contribution >= 0.6 is 0 Å². The molecule has 2 aromatic rings. The van der Waals surface area contributed by atoms with Gasteiger partial charge in [-0.3, -0.25) is 4.79 Å². The first-order valence-corrected chi connectivity index (χ1v) is 9.68. The number of oxazole rings is 1. The van der Waals surface area contributed by atoms with Crippen molar-refractivity contribution in [1.82, 2.24) is 26.3 Å². The fourth-order valence-corrected chi connectivity index (χ4v) is 4.62. The topological polar surface area (TPSA) is 82.4 Å². The van der Waals surface area contributed by atoms with E-state index in [1.54, 1.807) is 0 Å². The van der Waals surface area contributed by atoms with Gasteiger partial charge in [0.25, 0.3) is 0 Å². The van der Waals surface area contributed by atoms with Crippen molar-refractivity contribution in [3.63, 3.8) is 0 Å². The van der Waals surface area contributed by atoms with Crippen molar-refractivity contribution in [2.45, 2.75) is 50.1 Å². The van der Waals surface area contributed by atoms with Gasteiger partial charge in [0.15, 0.2) is 11.5 Å². The van der Waals surface area contributed by atoms with E-state index in [0.29, 0.717) is 23.9 Å². The molecule has 7 nitrogen and oxygen atoms in total. The highest BCUT2D eigenvalue weighted by atomic mass is 16.3. The molecule has 1 aliphatic carbocycles. The van der Waals surface area contributed by atoms with Crippen LogP contribution in [-0.4, -0.2) is 41.0 Å². The zero-order chi connectivity index (χ0) is 17.5. The van der Waals surface area contributed by atoms with Gasteiger partial charge in [0.2, 0.25) is 5.91 Å². The summed E-state index contributed by atoms with van der Waals surface area (Å²) in [7, 11) is 0.